The second kappa shape index (κ2) is 5.69. The molecular formula is C18H25NO3. The maximum Gasteiger partial charge on any atom is 0.134 e. The van der Waals surface area contributed by atoms with Crippen molar-refractivity contribution in [1.82, 2.24) is 5.32 Å². The molecule has 2 aromatic rings. The minimum atomic E-state index is -0.143. The monoisotopic (exact) mass is 303 g/mol. The number of benzene rings is 1. The fourth-order valence-electron chi connectivity index (χ4n) is 2.94. The van der Waals surface area contributed by atoms with E-state index in [9.17, 15) is 5.11 Å². The standard InChI is InChI=1S/C18H25NO3/c1-17(2,3)16(19-9-18(10-20)11-21-12-18)15-8-13-6-4-5-7-14(13)22-15/h4-8,16,19-20H,9-12H2,1-3H3. The van der Waals surface area contributed by atoms with E-state index in [2.05, 4.69) is 38.2 Å². The molecule has 4 heteroatoms. The van der Waals surface area contributed by atoms with Crippen molar-refractivity contribution in [3.8, 4) is 0 Å². The van der Waals surface area contributed by atoms with Gasteiger partial charge in [-0.25, -0.2) is 0 Å². The lowest BCUT2D eigenvalue weighted by Gasteiger charge is -2.42. The minimum Gasteiger partial charge on any atom is -0.459 e. The zero-order valence-electron chi connectivity index (χ0n) is 13.6. The molecule has 1 fully saturated rings. The van der Waals surface area contributed by atoms with Crippen LogP contribution in [-0.2, 0) is 4.74 Å². The molecule has 1 atom stereocenters. The molecule has 2 heterocycles. The highest BCUT2D eigenvalue weighted by molar-refractivity contribution is 5.77. The molecule has 0 spiro atoms. The zero-order valence-corrected chi connectivity index (χ0v) is 13.6. The smallest absolute Gasteiger partial charge is 0.134 e. The van der Waals surface area contributed by atoms with Crippen molar-refractivity contribution < 1.29 is 14.3 Å². The van der Waals surface area contributed by atoms with Crippen LogP contribution in [-0.4, -0.2) is 31.5 Å². The number of furan rings is 1. The Balaban J connectivity index is 1.83. The van der Waals surface area contributed by atoms with Crippen LogP contribution in [0.1, 0.15) is 32.6 Å². The molecule has 1 aromatic carbocycles. The maximum absolute atomic E-state index is 9.59. The third-order valence-electron chi connectivity index (χ3n) is 4.43. The first kappa shape index (κ1) is 15.5. The number of aliphatic hydroxyl groups excluding tert-OH is 1. The largest absolute Gasteiger partial charge is 0.459 e. The summed E-state index contributed by atoms with van der Waals surface area (Å²) < 4.78 is 11.3. The van der Waals surface area contributed by atoms with Gasteiger partial charge in [0.25, 0.3) is 0 Å². The molecule has 0 saturated carbocycles. The molecule has 0 aliphatic carbocycles. The van der Waals surface area contributed by atoms with Crippen LogP contribution < -0.4 is 5.32 Å². The Morgan fingerprint density at radius 3 is 2.55 bits per heavy atom. The first-order valence-corrected chi connectivity index (χ1v) is 7.84. The maximum atomic E-state index is 9.59. The van der Waals surface area contributed by atoms with Gasteiger partial charge in [-0.3, -0.25) is 0 Å². The average Bonchev–Trinajstić information content (AvgIpc) is 2.83. The highest BCUT2D eigenvalue weighted by atomic mass is 16.5. The van der Waals surface area contributed by atoms with Crippen LogP contribution in [0, 0.1) is 10.8 Å². The van der Waals surface area contributed by atoms with Gasteiger partial charge in [0.2, 0.25) is 0 Å². The Labute approximate surface area is 131 Å². The van der Waals surface area contributed by atoms with E-state index < -0.39 is 0 Å². The van der Waals surface area contributed by atoms with E-state index in [0.717, 1.165) is 23.3 Å². The lowest BCUT2D eigenvalue weighted by atomic mass is 9.82. The van der Waals surface area contributed by atoms with Crippen LogP contribution in [0.15, 0.2) is 34.7 Å². The second-order valence-electron chi connectivity index (χ2n) is 7.52. The molecule has 0 bridgehead atoms. The number of hydrogen-bond acceptors (Lipinski definition) is 4. The summed E-state index contributed by atoms with van der Waals surface area (Å²) >= 11 is 0. The molecule has 0 radical (unpaired) electrons. The quantitative estimate of drug-likeness (QED) is 0.891. The van der Waals surface area contributed by atoms with Gasteiger partial charge in [-0.1, -0.05) is 39.0 Å². The van der Waals surface area contributed by atoms with Gasteiger partial charge in [-0.2, -0.15) is 0 Å². The summed E-state index contributed by atoms with van der Waals surface area (Å²) in [6, 6.07) is 10.3. The molecule has 120 valence electrons. The first-order valence-electron chi connectivity index (χ1n) is 7.84. The van der Waals surface area contributed by atoms with Gasteiger partial charge in [0.05, 0.1) is 31.3 Å². The van der Waals surface area contributed by atoms with Crippen molar-refractivity contribution in [1.29, 1.82) is 0 Å². The van der Waals surface area contributed by atoms with Crippen LogP contribution in [0.2, 0.25) is 0 Å². The van der Waals surface area contributed by atoms with Crippen LogP contribution >= 0.6 is 0 Å². The molecule has 1 saturated heterocycles. The molecule has 2 N–H and O–H groups in total. The van der Waals surface area contributed by atoms with Crippen molar-refractivity contribution in [3.63, 3.8) is 0 Å². The predicted molar refractivity (Wildman–Crippen MR) is 86.8 cm³/mol. The van der Waals surface area contributed by atoms with Gasteiger partial charge < -0.3 is 19.6 Å². The SMILES string of the molecule is CC(C)(C)C(NCC1(CO)COC1)c1cc2ccccc2o1. The van der Waals surface area contributed by atoms with E-state index in [1.165, 1.54) is 0 Å². The number of ether oxygens (including phenoxy) is 1. The van der Waals surface area contributed by atoms with E-state index in [0.29, 0.717) is 13.2 Å². The lowest BCUT2D eigenvalue weighted by Crippen LogP contribution is -2.53. The van der Waals surface area contributed by atoms with Crippen LogP contribution in [0.5, 0.6) is 0 Å². The molecule has 1 unspecified atom stereocenters. The Morgan fingerprint density at radius 1 is 1.27 bits per heavy atom. The van der Waals surface area contributed by atoms with Crippen LogP contribution in [0.3, 0.4) is 0 Å². The van der Waals surface area contributed by atoms with E-state index in [-0.39, 0.29) is 23.5 Å². The molecule has 4 nitrogen and oxygen atoms in total. The number of rotatable bonds is 5. The minimum absolute atomic E-state index is 0.00905. The topological polar surface area (TPSA) is 54.6 Å². The van der Waals surface area contributed by atoms with Gasteiger partial charge in [0.1, 0.15) is 11.3 Å². The normalized spacial score (nSPS) is 19.1. The zero-order chi connectivity index (χ0) is 15.8. The highest BCUT2D eigenvalue weighted by Gasteiger charge is 2.40. The molecule has 22 heavy (non-hydrogen) atoms. The Morgan fingerprint density at radius 2 is 2.00 bits per heavy atom. The van der Waals surface area contributed by atoms with Crippen molar-refractivity contribution in [3.05, 3.63) is 36.1 Å². The fourth-order valence-corrected chi connectivity index (χ4v) is 2.94. The Hall–Kier alpha value is -1.36. The summed E-state index contributed by atoms with van der Waals surface area (Å²) in [6.45, 7) is 8.70. The van der Waals surface area contributed by atoms with Gasteiger partial charge in [0, 0.05) is 11.9 Å². The fraction of sp³-hybridized carbons (Fsp3) is 0.556. The van der Waals surface area contributed by atoms with Crippen LogP contribution in [0.25, 0.3) is 11.0 Å². The second-order valence-corrected chi connectivity index (χ2v) is 7.52. The average molecular weight is 303 g/mol. The van der Waals surface area contributed by atoms with E-state index in [1.54, 1.807) is 0 Å². The molecule has 0 amide bonds. The number of aliphatic hydroxyl groups is 1. The molecular weight excluding hydrogens is 278 g/mol. The van der Waals surface area contributed by atoms with Crippen molar-refractivity contribution in [2.75, 3.05) is 26.4 Å². The van der Waals surface area contributed by atoms with Crippen LogP contribution in [0.4, 0.5) is 0 Å². The Bertz CT molecular complexity index is 599. The summed E-state index contributed by atoms with van der Waals surface area (Å²) in [4.78, 5) is 0. The number of hydrogen-bond donors (Lipinski definition) is 2. The first-order chi connectivity index (χ1) is 10.4. The molecule has 1 aliphatic rings. The van der Waals surface area contributed by atoms with Gasteiger partial charge in [-0.05, 0) is 17.5 Å². The lowest BCUT2D eigenvalue weighted by molar-refractivity contribution is -0.136. The van der Waals surface area contributed by atoms with E-state index in [1.807, 2.05) is 18.2 Å². The van der Waals surface area contributed by atoms with Gasteiger partial charge in [0.15, 0.2) is 0 Å². The number of para-hydroxylation sites is 1. The third kappa shape index (κ3) is 2.91. The van der Waals surface area contributed by atoms with E-state index >= 15 is 0 Å². The summed E-state index contributed by atoms with van der Waals surface area (Å²) in [5, 5.41) is 14.3. The number of fused-ring (bicyclic) bond motifs is 1. The van der Waals surface area contributed by atoms with Gasteiger partial charge in [-0.15, -0.1) is 0 Å². The van der Waals surface area contributed by atoms with Crippen molar-refractivity contribution in [2.45, 2.75) is 26.8 Å². The molecule has 1 aromatic heterocycles. The molecule has 3 rings (SSSR count). The highest BCUT2D eigenvalue weighted by Crippen LogP contribution is 2.37. The predicted octanol–water partition coefficient (Wildman–Crippen LogP) is 3.12. The van der Waals surface area contributed by atoms with E-state index in [4.69, 9.17) is 9.15 Å². The van der Waals surface area contributed by atoms with Gasteiger partial charge >= 0.3 is 0 Å². The molecule has 1 aliphatic heterocycles. The van der Waals surface area contributed by atoms with Crippen molar-refractivity contribution >= 4 is 11.0 Å². The number of nitrogens with one attached hydrogen (secondary N) is 1. The summed E-state index contributed by atoms with van der Waals surface area (Å²) in [6.07, 6.45) is 0. The summed E-state index contributed by atoms with van der Waals surface area (Å²) in [5.74, 6) is 0.946. The summed E-state index contributed by atoms with van der Waals surface area (Å²) in [5.41, 5.74) is 0.780. The Kier molecular flexibility index (Phi) is 4.02. The summed E-state index contributed by atoms with van der Waals surface area (Å²) in [7, 11) is 0. The third-order valence-corrected chi connectivity index (χ3v) is 4.43. The van der Waals surface area contributed by atoms with Crippen molar-refractivity contribution in [2.24, 2.45) is 10.8 Å².